The second kappa shape index (κ2) is 10.4. The molecule has 0 bridgehead atoms. The highest BCUT2D eigenvalue weighted by atomic mass is 79.9. The number of thiophene rings is 1. The van der Waals surface area contributed by atoms with Crippen LogP contribution in [0.15, 0.2) is 46.3 Å². The molecule has 1 heterocycles. The Morgan fingerprint density at radius 1 is 1.23 bits per heavy atom. The lowest BCUT2D eigenvalue weighted by molar-refractivity contribution is -0.121. The van der Waals surface area contributed by atoms with E-state index >= 15 is 0 Å². The fraction of sp³-hybridized carbons (Fsp3) is 0.368. The van der Waals surface area contributed by atoms with Crippen LogP contribution in [0, 0.1) is 0 Å². The minimum Gasteiger partial charge on any atom is -0.374 e. The molecule has 0 aliphatic rings. The van der Waals surface area contributed by atoms with E-state index in [2.05, 4.69) is 21.2 Å². The standard InChI is InChI=1S/C19H23BrN2O3S/c1-14(15-7-4-3-5-8-15)25-12-6-11-21-18(23)13-22(2)19(24)16-9-10-17(20)26-16/h3-5,7-10,14H,6,11-13H2,1-2H3,(H,21,23). The van der Waals surface area contributed by atoms with Crippen molar-refractivity contribution in [3.63, 3.8) is 0 Å². The Kier molecular flexibility index (Phi) is 8.28. The van der Waals surface area contributed by atoms with E-state index in [4.69, 9.17) is 4.74 Å². The maximum absolute atomic E-state index is 12.2. The largest absolute Gasteiger partial charge is 0.374 e. The highest BCUT2D eigenvalue weighted by Crippen LogP contribution is 2.23. The number of carbonyl (C=O) groups excluding carboxylic acids is 2. The highest BCUT2D eigenvalue weighted by molar-refractivity contribution is 9.11. The zero-order chi connectivity index (χ0) is 18.9. The van der Waals surface area contributed by atoms with Gasteiger partial charge in [-0.15, -0.1) is 11.3 Å². The van der Waals surface area contributed by atoms with Crippen molar-refractivity contribution in [3.8, 4) is 0 Å². The molecule has 2 rings (SSSR count). The number of ether oxygens (including phenoxy) is 1. The Morgan fingerprint density at radius 3 is 2.62 bits per heavy atom. The molecule has 1 N–H and O–H groups in total. The first-order chi connectivity index (χ1) is 12.5. The van der Waals surface area contributed by atoms with E-state index in [0.717, 1.165) is 15.8 Å². The summed E-state index contributed by atoms with van der Waals surface area (Å²) in [5.74, 6) is -0.330. The molecule has 140 valence electrons. The van der Waals surface area contributed by atoms with Crippen molar-refractivity contribution in [2.45, 2.75) is 19.4 Å². The van der Waals surface area contributed by atoms with Gasteiger partial charge in [-0.2, -0.15) is 0 Å². The van der Waals surface area contributed by atoms with Crippen molar-refractivity contribution in [3.05, 3.63) is 56.7 Å². The number of nitrogens with zero attached hydrogens (tertiary/aromatic N) is 1. The Hall–Kier alpha value is -1.70. The minimum absolute atomic E-state index is 0.0285. The normalized spacial score (nSPS) is 11.8. The van der Waals surface area contributed by atoms with Crippen molar-refractivity contribution in [2.24, 2.45) is 0 Å². The monoisotopic (exact) mass is 438 g/mol. The van der Waals surface area contributed by atoms with Gasteiger partial charge in [0.25, 0.3) is 5.91 Å². The quantitative estimate of drug-likeness (QED) is 0.604. The summed E-state index contributed by atoms with van der Waals surface area (Å²) in [5, 5.41) is 2.82. The van der Waals surface area contributed by atoms with Crippen LogP contribution in [-0.4, -0.2) is 43.5 Å². The first-order valence-electron chi connectivity index (χ1n) is 8.41. The van der Waals surface area contributed by atoms with Gasteiger partial charge < -0.3 is 15.0 Å². The zero-order valence-electron chi connectivity index (χ0n) is 14.9. The van der Waals surface area contributed by atoms with Gasteiger partial charge in [0.15, 0.2) is 0 Å². The van der Waals surface area contributed by atoms with Crippen LogP contribution in [0.25, 0.3) is 0 Å². The molecule has 0 fully saturated rings. The molecule has 0 radical (unpaired) electrons. The van der Waals surface area contributed by atoms with Crippen LogP contribution in [0.5, 0.6) is 0 Å². The number of hydrogen-bond acceptors (Lipinski definition) is 4. The predicted octanol–water partition coefficient (Wildman–Crippen LogP) is 3.87. The summed E-state index contributed by atoms with van der Waals surface area (Å²) in [6, 6.07) is 13.6. The fourth-order valence-electron chi connectivity index (χ4n) is 2.34. The predicted molar refractivity (Wildman–Crippen MR) is 107 cm³/mol. The van der Waals surface area contributed by atoms with E-state index in [1.165, 1.54) is 16.2 Å². The number of carbonyl (C=O) groups is 2. The third-order valence-electron chi connectivity index (χ3n) is 3.79. The maximum Gasteiger partial charge on any atom is 0.264 e. The molecule has 0 saturated carbocycles. The summed E-state index contributed by atoms with van der Waals surface area (Å²) in [6.07, 6.45) is 0.749. The number of nitrogens with one attached hydrogen (secondary N) is 1. The molecule has 0 aliphatic carbocycles. The smallest absolute Gasteiger partial charge is 0.264 e. The van der Waals surface area contributed by atoms with Gasteiger partial charge in [0, 0.05) is 20.2 Å². The summed E-state index contributed by atoms with van der Waals surface area (Å²) >= 11 is 4.68. The SMILES string of the molecule is CC(OCCCNC(=O)CN(C)C(=O)c1ccc(Br)s1)c1ccccc1. The average Bonchev–Trinajstić information content (AvgIpc) is 3.07. The summed E-state index contributed by atoms with van der Waals surface area (Å²) in [4.78, 5) is 26.2. The van der Waals surface area contributed by atoms with Crippen molar-refractivity contribution in [1.29, 1.82) is 0 Å². The second-order valence-corrected chi connectivity index (χ2v) is 8.36. The lowest BCUT2D eigenvalue weighted by atomic mass is 10.1. The third kappa shape index (κ3) is 6.55. The third-order valence-corrected chi connectivity index (χ3v) is 5.40. The number of benzene rings is 1. The summed E-state index contributed by atoms with van der Waals surface area (Å²) < 4.78 is 6.66. The molecular formula is C19H23BrN2O3S. The van der Waals surface area contributed by atoms with Crippen LogP contribution in [0.2, 0.25) is 0 Å². The Morgan fingerprint density at radius 2 is 1.96 bits per heavy atom. The lowest BCUT2D eigenvalue weighted by Gasteiger charge is -2.16. The van der Waals surface area contributed by atoms with Gasteiger partial charge in [0.05, 0.1) is 21.3 Å². The van der Waals surface area contributed by atoms with Crippen LogP contribution in [0.3, 0.4) is 0 Å². The van der Waals surface area contributed by atoms with Gasteiger partial charge >= 0.3 is 0 Å². The molecule has 0 saturated heterocycles. The van der Waals surface area contributed by atoms with E-state index in [-0.39, 0.29) is 24.5 Å². The van der Waals surface area contributed by atoms with Gasteiger partial charge in [0.1, 0.15) is 0 Å². The zero-order valence-corrected chi connectivity index (χ0v) is 17.3. The molecule has 2 aromatic rings. The fourth-order valence-corrected chi connectivity index (χ4v) is 3.72. The van der Waals surface area contributed by atoms with Crippen LogP contribution in [-0.2, 0) is 9.53 Å². The number of hydrogen-bond donors (Lipinski definition) is 1. The Bertz CT molecular complexity index is 721. The highest BCUT2D eigenvalue weighted by Gasteiger charge is 2.16. The summed E-state index contributed by atoms with van der Waals surface area (Å²) in [6.45, 7) is 3.13. The molecule has 1 aromatic heterocycles. The summed E-state index contributed by atoms with van der Waals surface area (Å²) in [7, 11) is 1.63. The lowest BCUT2D eigenvalue weighted by Crippen LogP contribution is -2.38. The molecule has 1 unspecified atom stereocenters. The molecule has 0 aliphatic heterocycles. The van der Waals surface area contributed by atoms with E-state index in [1.54, 1.807) is 13.1 Å². The van der Waals surface area contributed by atoms with Gasteiger partial charge in [-0.05, 0) is 47.0 Å². The van der Waals surface area contributed by atoms with E-state index < -0.39 is 0 Å². The van der Waals surface area contributed by atoms with Crippen molar-refractivity contribution < 1.29 is 14.3 Å². The molecule has 1 aromatic carbocycles. The van der Waals surface area contributed by atoms with Crippen LogP contribution < -0.4 is 5.32 Å². The maximum atomic E-state index is 12.2. The first kappa shape index (κ1) is 20.6. The minimum atomic E-state index is -0.174. The molecule has 7 heteroatoms. The van der Waals surface area contributed by atoms with Crippen LogP contribution >= 0.6 is 27.3 Å². The van der Waals surface area contributed by atoms with Gasteiger partial charge in [-0.3, -0.25) is 9.59 Å². The number of halogens is 1. The number of rotatable bonds is 9. The molecule has 0 spiro atoms. The van der Waals surface area contributed by atoms with E-state index in [0.29, 0.717) is 18.0 Å². The molecule has 26 heavy (non-hydrogen) atoms. The summed E-state index contributed by atoms with van der Waals surface area (Å²) in [5.41, 5.74) is 1.14. The van der Waals surface area contributed by atoms with Crippen LogP contribution in [0.1, 0.15) is 34.7 Å². The van der Waals surface area contributed by atoms with Gasteiger partial charge in [-0.1, -0.05) is 30.3 Å². The molecule has 2 amide bonds. The Balaban J connectivity index is 1.62. The van der Waals surface area contributed by atoms with E-state index in [9.17, 15) is 9.59 Å². The topological polar surface area (TPSA) is 58.6 Å². The molecule has 1 atom stereocenters. The van der Waals surface area contributed by atoms with Crippen LogP contribution in [0.4, 0.5) is 0 Å². The van der Waals surface area contributed by atoms with Crippen molar-refractivity contribution in [1.82, 2.24) is 10.2 Å². The van der Waals surface area contributed by atoms with Gasteiger partial charge in [0.2, 0.25) is 5.91 Å². The van der Waals surface area contributed by atoms with Crippen molar-refractivity contribution >= 4 is 39.1 Å². The molecular weight excluding hydrogens is 416 g/mol. The number of amides is 2. The van der Waals surface area contributed by atoms with Gasteiger partial charge in [-0.25, -0.2) is 0 Å². The first-order valence-corrected chi connectivity index (χ1v) is 10.0. The van der Waals surface area contributed by atoms with E-state index in [1.807, 2.05) is 43.3 Å². The second-order valence-electron chi connectivity index (χ2n) is 5.89. The average molecular weight is 439 g/mol. The van der Waals surface area contributed by atoms with Crippen molar-refractivity contribution in [2.75, 3.05) is 26.7 Å². The molecule has 5 nitrogen and oxygen atoms in total. The number of likely N-dealkylation sites (N-methyl/N-ethyl adjacent to an activating group) is 1. The Labute approximate surface area is 166 Å².